The second-order valence-electron chi connectivity index (χ2n) is 5.23. The molecule has 94 valence electrons. The number of carbonyl (C=O) groups is 1. The van der Waals surface area contributed by atoms with Gasteiger partial charge >= 0.3 is 6.09 Å². The topological polar surface area (TPSA) is 70.0 Å². The van der Waals surface area contributed by atoms with E-state index in [2.05, 4.69) is 0 Å². The highest BCUT2D eigenvalue weighted by Gasteiger charge is 2.31. The summed E-state index contributed by atoms with van der Waals surface area (Å²) in [4.78, 5) is 13.2. The molecule has 0 radical (unpaired) electrons. The van der Waals surface area contributed by atoms with Crippen molar-refractivity contribution in [2.24, 2.45) is 5.92 Å². The highest BCUT2D eigenvalue weighted by molar-refractivity contribution is 5.68. The Morgan fingerprint density at radius 2 is 2.12 bits per heavy atom. The Kier molecular flexibility index (Phi) is 4.15. The van der Waals surface area contributed by atoms with Gasteiger partial charge in [-0.1, -0.05) is 0 Å². The molecule has 5 heteroatoms. The molecule has 0 bridgehead atoms. The molecule has 2 N–H and O–H groups in total. The second-order valence-corrected chi connectivity index (χ2v) is 5.23. The van der Waals surface area contributed by atoms with Crippen molar-refractivity contribution in [2.45, 2.75) is 38.9 Å². The van der Waals surface area contributed by atoms with Gasteiger partial charge in [-0.3, -0.25) is 0 Å². The van der Waals surface area contributed by atoms with Gasteiger partial charge in [-0.15, -0.1) is 0 Å². The van der Waals surface area contributed by atoms with Crippen LogP contribution in [0.5, 0.6) is 0 Å². The van der Waals surface area contributed by atoms with E-state index in [0.29, 0.717) is 13.0 Å². The van der Waals surface area contributed by atoms with Crippen LogP contribution in [0.25, 0.3) is 0 Å². The van der Waals surface area contributed by atoms with Crippen LogP contribution in [0.3, 0.4) is 0 Å². The van der Waals surface area contributed by atoms with Gasteiger partial charge in [0.1, 0.15) is 5.60 Å². The van der Waals surface area contributed by atoms with Crippen LogP contribution in [0.2, 0.25) is 0 Å². The third-order valence-corrected chi connectivity index (χ3v) is 2.61. The molecule has 5 nitrogen and oxygen atoms in total. The van der Waals surface area contributed by atoms with Crippen molar-refractivity contribution in [1.29, 1.82) is 0 Å². The third kappa shape index (κ3) is 3.64. The lowest BCUT2D eigenvalue weighted by Gasteiger charge is -2.35. The van der Waals surface area contributed by atoms with Crippen molar-refractivity contribution in [3.63, 3.8) is 0 Å². The maximum Gasteiger partial charge on any atom is 0.410 e. The summed E-state index contributed by atoms with van der Waals surface area (Å²) in [6.45, 7) is 6.14. The van der Waals surface area contributed by atoms with Crippen molar-refractivity contribution in [3.8, 4) is 0 Å². The first kappa shape index (κ1) is 13.3. The Bertz CT molecular complexity index is 249. The molecule has 0 saturated carbocycles. The normalized spacial score (nSPS) is 26.7. The number of ether oxygens (including phenoxy) is 1. The monoisotopic (exact) mass is 231 g/mol. The van der Waals surface area contributed by atoms with E-state index in [1.807, 2.05) is 20.8 Å². The molecule has 16 heavy (non-hydrogen) atoms. The quantitative estimate of drug-likeness (QED) is 0.693. The van der Waals surface area contributed by atoms with Gasteiger partial charge in [0.05, 0.1) is 12.6 Å². The SMILES string of the molecule is CC(C)(C)OC(=O)N1CC[C@H](CO)[C@H](O)C1. The van der Waals surface area contributed by atoms with Crippen LogP contribution in [0.15, 0.2) is 0 Å². The van der Waals surface area contributed by atoms with Crippen molar-refractivity contribution >= 4 is 6.09 Å². The smallest absolute Gasteiger partial charge is 0.410 e. The average molecular weight is 231 g/mol. The van der Waals surface area contributed by atoms with E-state index in [0.717, 1.165) is 0 Å². The Morgan fingerprint density at radius 3 is 2.56 bits per heavy atom. The number of β-amino-alcohol motifs (C(OH)–C–C–N with tert-alkyl or cyclic N) is 1. The number of aliphatic hydroxyl groups excluding tert-OH is 2. The van der Waals surface area contributed by atoms with Crippen LogP contribution in [-0.2, 0) is 4.74 Å². The van der Waals surface area contributed by atoms with E-state index in [-0.39, 0.29) is 19.1 Å². The molecule has 1 aliphatic heterocycles. The molecule has 1 amide bonds. The fourth-order valence-electron chi connectivity index (χ4n) is 1.69. The lowest BCUT2D eigenvalue weighted by molar-refractivity contribution is -0.0234. The average Bonchev–Trinajstić information content (AvgIpc) is 2.15. The molecule has 0 aliphatic carbocycles. The highest BCUT2D eigenvalue weighted by Crippen LogP contribution is 2.19. The summed E-state index contributed by atoms with van der Waals surface area (Å²) >= 11 is 0. The first-order chi connectivity index (χ1) is 7.33. The molecular weight excluding hydrogens is 210 g/mol. The molecule has 2 atom stereocenters. The molecule has 0 aromatic carbocycles. The summed E-state index contributed by atoms with van der Waals surface area (Å²) in [6.07, 6.45) is -0.453. The Balaban J connectivity index is 2.48. The molecule has 1 heterocycles. The minimum atomic E-state index is -0.661. The van der Waals surface area contributed by atoms with Gasteiger partial charge in [0.25, 0.3) is 0 Å². The van der Waals surface area contributed by atoms with Gasteiger partial charge in [0.2, 0.25) is 0 Å². The van der Waals surface area contributed by atoms with E-state index in [1.165, 1.54) is 4.90 Å². The minimum absolute atomic E-state index is 0.0384. The second kappa shape index (κ2) is 5.01. The molecule has 0 unspecified atom stereocenters. The zero-order chi connectivity index (χ0) is 12.3. The number of likely N-dealkylation sites (tertiary alicyclic amines) is 1. The van der Waals surface area contributed by atoms with Gasteiger partial charge in [-0.25, -0.2) is 4.79 Å². The van der Waals surface area contributed by atoms with E-state index >= 15 is 0 Å². The molecule has 1 aliphatic rings. The number of hydrogen-bond donors (Lipinski definition) is 2. The standard InChI is InChI=1S/C11H21NO4/c1-11(2,3)16-10(15)12-5-4-8(7-13)9(14)6-12/h8-9,13-14H,4-7H2,1-3H3/t8-,9-/m1/s1. The summed E-state index contributed by atoms with van der Waals surface area (Å²) in [5.74, 6) is -0.126. The van der Waals surface area contributed by atoms with Gasteiger partial charge in [-0.05, 0) is 27.2 Å². The summed E-state index contributed by atoms with van der Waals surface area (Å²) in [6, 6.07) is 0. The van der Waals surface area contributed by atoms with Crippen molar-refractivity contribution in [2.75, 3.05) is 19.7 Å². The molecule has 1 fully saturated rings. The minimum Gasteiger partial charge on any atom is -0.444 e. The molecule has 0 aromatic rings. The maximum atomic E-state index is 11.7. The fraction of sp³-hybridized carbons (Fsp3) is 0.909. The summed E-state index contributed by atoms with van der Waals surface area (Å²) in [5, 5.41) is 18.7. The van der Waals surface area contributed by atoms with Crippen LogP contribution in [0, 0.1) is 5.92 Å². The number of carbonyl (C=O) groups excluding carboxylic acids is 1. The first-order valence-corrected chi connectivity index (χ1v) is 5.60. The number of aliphatic hydroxyl groups is 2. The van der Waals surface area contributed by atoms with Crippen LogP contribution < -0.4 is 0 Å². The molecule has 0 aromatic heterocycles. The number of amides is 1. The predicted octanol–water partition coefficient (Wildman–Crippen LogP) is 0.597. The van der Waals surface area contributed by atoms with Crippen molar-refractivity contribution < 1.29 is 19.7 Å². The molecule has 1 rings (SSSR count). The lowest BCUT2D eigenvalue weighted by Crippen LogP contribution is -2.49. The van der Waals surface area contributed by atoms with E-state index in [1.54, 1.807) is 0 Å². The Hall–Kier alpha value is -0.810. The number of rotatable bonds is 1. The zero-order valence-corrected chi connectivity index (χ0v) is 10.1. The fourth-order valence-corrected chi connectivity index (χ4v) is 1.69. The lowest BCUT2D eigenvalue weighted by atomic mass is 9.95. The number of hydrogen-bond acceptors (Lipinski definition) is 4. The molecular formula is C11H21NO4. The molecule has 0 spiro atoms. The van der Waals surface area contributed by atoms with E-state index < -0.39 is 17.8 Å². The van der Waals surface area contributed by atoms with Crippen LogP contribution in [-0.4, -0.2) is 52.6 Å². The van der Waals surface area contributed by atoms with Gasteiger partial charge in [0, 0.05) is 19.1 Å². The maximum absolute atomic E-state index is 11.7. The Morgan fingerprint density at radius 1 is 1.50 bits per heavy atom. The highest BCUT2D eigenvalue weighted by atomic mass is 16.6. The van der Waals surface area contributed by atoms with Gasteiger partial charge < -0.3 is 19.8 Å². The van der Waals surface area contributed by atoms with Crippen LogP contribution in [0.1, 0.15) is 27.2 Å². The van der Waals surface area contributed by atoms with E-state index in [4.69, 9.17) is 9.84 Å². The predicted molar refractivity (Wildman–Crippen MR) is 59.0 cm³/mol. The van der Waals surface area contributed by atoms with Crippen molar-refractivity contribution in [3.05, 3.63) is 0 Å². The van der Waals surface area contributed by atoms with Gasteiger partial charge in [-0.2, -0.15) is 0 Å². The molecule has 1 saturated heterocycles. The third-order valence-electron chi connectivity index (χ3n) is 2.61. The van der Waals surface area contributed by atoms with Gasteiger partial charge in [0.15, 0.2) is 0 Å². The largest absolute Gasteiger partial charge is 0.444 e. The first-order valence-electron chi connectivity index (χ1n) is 5.60. The van der Waals surface area contributed by atoms with Crippen LogP contribution in [0.4, 0.5) is 4.79 Å². The number of piperidine rings is 1. The summed E-state index contributed by atoms with van der Waals surface area (Å²) < 4.78 is 5.21. The van der Waals surface area contributed by atoms with Crippen LogP contribution >= 0.6 is 0 Å². The summed E-state index contributed by atoms with van der Waals surface area (Å²) in [7, 11) is 0. The summed E-state index contributed by atoms with van der Waals surface area (Å²) in [5.41, 5.74) is -0.518. The zero-order valence-electron chi connectivity index (χ0n) is 10.1. The Labute approximate surface area is 96.0 Å². The number of nitrogens with zero attached hydrogens (tertiary/aromatic N) is 1. The van der Waals surface area contributed by atoms with Crippen molar-refractivity contribution in [1.82, 2.24) is 4.90 Å². The van der Waals surface area contributed by atoms with E-state index in [9.17, 15) is 9.90 Å².